The number of rotatable bonds is 3. The van der Waals surface area contributed by atoms with Crippen LogP contribution in [0.4, 0.5) is 0 Å². The van der Waals surface area contributed by atoms with Crippen molar-refractivity contribution in [1.29, 1.82) is 0 Å². The molecule has 1 saturated heterocycles. The zero-order valence-electron chi connectivity index (χ0n) is 14.3. The van der Waals surface area contributed by atoms with E-state index < -0.39 is 0 Å². The molecular weight excluding hydrogens is 262 g/mol. The third-order valence-electron chi connectivity index (χ3n) is 4.43. The Labute approximate surface area is 128 Å². The Morgan fingerprint density at radius 1 is 1.38 bits per heavy atom. The van der Waals surface area contributed by atoms with Crippen molar-refractivity contribution in [3.63, 3.8) is 0 Å². The molecule has 1 aromatic heterocycles. The first kappa shape index (κ1) is 16.2. The second-order valence-electron chi connectivity index (χ2n) is 7.15. The maximum atomic E-state index is 5.51. The molecule has 1 unspecified atom stereocenters. The lowest BCUT2D eigenvalue weighted by atomic mass is 9.85. The second-order valence-corrected chi connectivity index (χ2v) is 7.15. The largest absolute Gasteiger partial charge is 0.496 e. The number of pyridine rings is 1. The Hall–Kier alpha value is -1.13. The van der Waals surface area contributed by atoms with Gasteiger partial charge in [0, 0.05) is 49.5 Å². The Kier molecular flexibility index (Phi) is 4.89. The molecule has 0 amide bonds. The summed E-state index contributed by atoms with van der Waals surface area (Å²) in [6, 6.07) is 0.527. The van der Waals surface area contributed by atoms with Gasteiger partial charge in [-0.1, -0.05) is 20.8 Å². The van der Waals surface area contributed by atoms with Gasteiger partial charge in [-0.2, -0.15) is 0 Å². The molecule has 1 fully saturated rings. The molecule has 21 heavy (non-hydrogen) atoms. The Morgan fingerprint density at radius 3 is 2.71 bits per heavy atom. The highest BCUT2D eigenvalue weighted by Crippen LogP contribution is 2.26. The van der Waals surface area contributed by atoms with Crippen molar-refractivity contribution in [3.05, 3.63) is 23.0 Å². The van der Waals surface area contributed by atoms with Crippen molar-refractivity contribution in [1.82, 2.24) is 15.2 Å². The lowest BCUT2D eigenvalue weighted by molar-refractivity contribution is 0.128. The van der Waals surface area contributed by atoms with Gasteiger partial charge >= 0.3 is 0 Å². The summed E-state index contributed by atoms with van der Waals surface area (Å²) in [7, 11) is 1.74. The Bertz CT molecular complexity index is 494. The van der Waals surface area contributed by atoms with Crippen LogP contribution in [0.15, 0.2) is 6.20 Å². The van der Waals surface area contributed by atoms with Gasteiger partial charge in [-0.15, -0.1) is 0 Å². The van der Waals surface area contributed by atoms with E-state index in [4.69, 9.17) is 4.74 Å². The number of nitrogens with one attached hydrogen (secondary N) is 1. The van der Waals surface area contributed by atoms with Crippen molar-refractivity contribution >= 4 is 0 Å². The first-order chi connectivity index (χ1) is 9.82. The number of hydrogen-bond donors (Lipinski definition) is 1. The number of hydrogen-bond acceptors (Lipinski definition) is 4. The third-order valence-corrected chi connectivity index (χ3v) is 4.43. The molecule has 0 spiro atoms. The number of aromatic nitrogens is 1. The Balaban J connectivity index is 2.12. The van der Waals surface area contributed by atoms with E-state index in [1.54, 1.807) is 7.11 Å². The van der Waals surface area contributed by atoms with Crippen molar-refractivity contribution in [3.8, 4) is 5.75 Å². The van der Waals surface area contributed by atoms with E-state index in [-0.39, 0.29) is 5.41 Å². The van der Waals surface area contributed by atoms with Gasteiger partial charge in [0.15, 0.2) is 0 Å². The fraction of sp³-hybridized carbons (Fsp3) is 0.706. The molecule has 2 heterocycles. The lowest BCUT2D eigenvalue weighted by Gasteiger charge is -2.40. The van der Waals surface area contributed by atoms with Gasteiger partial charge in [-0.25, -0.2) is 0 Å². The fourth-order valence-corrected chi connectivity index (χ4v) is 2.98. The molecule has 0 aliphatic carbocycles. The normalized spacial score (nSPS) is 20.6. The van der Waals surface area contributed by atoms with E-state index in [1.165, 1.54) is 5.56 Å². The van der Waals surface area contributed by atoms with Crippen LogP contribution >= 0.6 is 0 Å². The summed E-state index contributed by atoms with van der Waals surface area (Å²) in [4.78, 5) is 7.12. The summed E-state index contributed by atoms with van der Waals surface area (Å²) in [6.07, 6.45) is 1.92. The van der Waals surface area contributed by atoms with Gasteiger partial charge in [-0.05, 0) is 19.3 Å². The molecule has 1 aliphatic rings. The smallest absolute Gasteiger partial charge is 0.128 e. The molecule has 118 valence electrons. The monoisotopic (exact) mass is 291 g/mol. The topological polar surface area (TPSA) is 37.4 Å². The van der Waals surface area contributed by atoms with Crippen LogP contribution < -0.4 is 10.1 Å². The van der Waals surface area contributed by atoms with Crippen LogP contribution in [0.1, 0.15) is 37.6 Å². The maximum absolute atomic E-state index is 5.51. The van der Waals surface area contributed by atoms with Crippen LogP contribution in [0.3, 0.4) is 0 Å². The van der Waals surface area contributed by atoms with E-state index in [1.807, 2.05) is 13.1 Å². The highest BCUT2D eigenvalue weighted by atomic mass is 16.5. The van der Waals surface area contributed by atoms with Crippen LogP contribution in [0.2, 0.25) is 0 Å². The first-order valence-corrected chi connectivity index (χ1v) is 7.77. The minimum absolute atomic E-state index is 0.284. The van der Waals surface area contributed by atoms with Crippen LogP contribution in [0, 0.1) is 19.3 Å². The third kappa shape index (κ3) is 3.74. The summed E-state index contributed by atoms with van der Waals surface area (Å²) >= 11 is 0. The number of ether oxygens (including phenoxy) is 1. The number of aryl methyl sites for hydroxylation is 1. The van der Waals surface area contributed by atoms with Gasteiger partial charge in [-0.3, -0.25) is 9.88 Å². The Morgan fingerprint density at radius 2 is 2.10 bits per heavy atom. The lowest BCUT2D eigenvalue weighted by Crippen LogP contribution is -2.55. The molecule has 1 atom stereocenters. The van der Waals surface area contributed by atoms with Crippen molar-refractivity contribution in [2.24, 2.45) is 5.41 Å². The molecule has 0 radical (unpaired) electrons. The molecule has 1 aromatic rings. The molecule has 4 heteroatoms. The zero-order valence-corrected chi connectivity index (χ0v) is 14.3. The molecule has 0 aromatic carbocycles. The standard InChI is InChI=1S/C17H29N3O/c1-12-9-19-14(13(2)16(12)21-6)10-20-8-7-18-15(11-20)17(3,4)5/h9,15,18H,7-8,10-11H2,1-6H3. The van der Waals surface area contributed by atoms with Gasteiger partial charge < -0.3 is 10.1 Å². The summed E-state index contributed by atoms with van der Waals surface area (Å²) in [5.41, 5.74) is 3.69. The van der Waals surface area contributed by atoms with Crippen molar-refractivity contribution in [2.75, 3.05) is 26.7 Å². The van der Waals surface area contributed by atoms with Gasteiger partial charge in [0.2, 0.25) is 0 Å². The van der Waals surface area contributed by atoms with Gasteiger partial charge in [0.25, 0.3) is 0 Å². The molecule has 0 saturated carbocycles. The summed E-state index contributed by atoms with van der Waals surface area (Å²) in [5, 5.41) is 3.63. The minimum Gasteiger partial charge on any atom is -0.496 e. The minimum atomic E-state index is 0.284. The van der Waals surface area contributed by atoms with Gasteiger partial charge in [0.1, 0.15) is 5.75 Å². The number of methoxy groups -OCH3 is 1. The highest BCUT2D eigenvalue weighted by Gasteiger charge is 2.29. The number of piperazine rings is 1. The number of nitrogens with zero attached hydrogens (tertiary/aromatic N) is 2. The molecule has 1 N–H and O–H groups in total. The molecule has 4 nitrogen and oxygen atoms in total. The molecule has 0 bridgehead atoms. The summed E-state index contributed by atoms with van der Waals surface area (Å²) in [6.45, 7) is 15.1. The van der Waals surface area contributed by atoms with E-state index in [0.29, 0.717) is 6.04 Å². The van der Waals surface area contributed by atoms with Crippen LogP contribution in [-0.2, 0) is 6.54 Å². The van der Waals surface area contributed by atoms with Crippen molar-refractivity contribution < 1.29 is 4.74 Å². The molecule has 2 rings (SSSR count). The fourth-order valence-electron chi connectivity index (χ4n) is 2.98. The SMILES string of the molecule is COc1c(C)cnc(CN2CCNC(C(C)(C)C)C2)c1C. The predicted octanol–water partition coefficient (Wildman–Crippen LogP) is 2.53. The summed E-state index contributed by atoms with van der Waals surface area (Å²) < 4.78 is 5.51. The quantitative estimate of drug-likeness (QED) is 0.928. The highest BCUT2D eigenvalue weighted by molar-refractivity contribution is 5.41. The van der Waals surface area contributed by atoms with E-state index >= 15 is 0 Å². The average Bonchev–Trinajstić information content (AvgIpc) is 2.42. The van der Waals surface area contributed by atoms with Crippen LogP contribution in [-0.4, -0.2) is 42.7 Å². The predicted molar refractivity (Wildman–Crippen MR) is 86.8 cm³/mol. The van der Waals surface area contributed by atoms with Gasteiger partial charge in [0.05, 0.1) is 12.8 Å². The van der Waals surface area contributed by atoms with E-state index in [0.717, 1.165) is 43.2 Å². The van der Waals surface area contributed by atoms with E-state index in [9.17, 15) is 0 Å². The van der Waals surface area contributed by atoms with Crippen LogP contribution in [0.5, 0.6) is 5.75 Å². The maximum Gasteiger partial charge on any atom is 0.128 e. The van der Waals surface area contributed by atoms with Crippen molar-refractivity contribution in [2.45, 2.75) is 47.2 Å². The average molecular weight is 291 g/mol. The van der Waals surface area contributed by atoms with E-state index in [2.05, 4.69) is 42.9 Å². The first-order valence-electron chi connectivity index (χ1n) is 7.77. The summed E-state index contributed by atoms with van der Waals surface area (Å²) in [5.74, 6) is 0.975. The second kappa shape index (κ2) is 6.32. The zero-order chi connectivity index (χ0) is 15.6. The molecule has 1 aliphatic heterocycles. The molecular formula is C17H29N3O. The van der Waals surface area contributed by atoms with Crippen LogP contribution in [0.25, 0.3) is 0 Å².